The summed E-state index contributed by atoms with van der Waals surface area (Å²) in [5.41, 5.74) is 1.38. The van der Waals surface area contributed by atoms with E-state index in [2.05, 4.69) is 0 Å². The molecule has 1 atom stereocenters. The zero-order valence-electron chi connectivity index (χ0n) is 16.2. The summed E-state index contributed by atoms with van der Waals surface area (Å²) in [4.78, 5) is 11.6. The van der Waals surface area contributed by atoms with E-state index in [0.717, 1.165) is 42.3 Å². The molecule has 3 rings (SSSR count). The second kappa shape index (κ2) is 9.32. The molecule has 0 saturated carbocycles. The molecule has 0 bridgehead atoms. The fourth-order valence-electron chi connectivity index (χ4n) is 4.04. The van der Waals surface area contributed by atoms with Crippen LogP contribution in [0, 0.1) is 10.1 Å². The molecule has 2 N–H and O–H groups in total. The molecule has 156 valence electrons. The smallest absolute Gasteiger partial charge is 0.312 e. The average molecular weight is 439 g/mol. The fraction of sp³-hybridized carbons (Fsp3) is 0.400. The summed E-state index contributed by atoms with van der Waals surface area (Å²) in [5, 5.41) is 17.7. The van der Waals surface area contributed by atoms with Gasteiger partial charge in [0.2, 0.25) is 0 Å². The minimum atomic E-state index is -0.628. The number of benzene rings is 2. The number of halogens is 1. The largest absolute Gasteiger partial charge is 0.486 e. The Hall–Kier alpha value is -1.84. The highest BCUT2D eigenvalue weighted by Crippen LogP contribution is 2.43. The van der Waals surface area contributed by atoms with Gasteiger partial charge in [-0.1, -0.05) is 17.7 Å². The van der Waals surface area contributed by atoms with Crippen LogP contribution in [0.25, 0.3) is 0 Å². The summed E-state index contributed by atoms with van der Waals surface area (Å²) in [6, 6.07) is 10.4. The van der Waals surface area contributed by atoms with Crippen LogP contribution in [0.2, 0.25) is 5.02 Å². The van der Waals surface area contributed by atoms with Gasteiger partial charge in [0.05, 0.1) is 10.3 Å². The van der Waals surface area contributed by atoms with E-state index in [-0.39, 0.29) is 18.0 Å². The normalized spacial score (nSPS) is 18.5. The molecule has 1 unspecified atom stereocenters. The first-order valence-electron chi connectivity index (χ1n) is 9.07. The molecular weight excluding hydrogens is 416 g/mol. The number of nitrogens with two attached hydrogens (primary N) is 1. The van der Waals surface area contributed by atoms with Crippen LogP contribution in [-0.2, 0) is 21.3 Å². The van der Waals surface area contributed by atoms with Crippen LogP contribution >= 0.6 is 23.5 Å². The molecule has 2 aromatic carbocycles. The van der Waals surface area contributed by atoms with E-state index in [1.807, 2.05) is 18.2 Å². The second-order valence-corrected chi connectivity index (χ2v) is 8.05. The molecule has 0 radical (unpaired) electrons. The highest BCUT2D eigenvalue weighted by Gasteiger charge is 2.45. The minimum absolute atomic E-state index is 0.130. The van der Waals surface area contributed by atoms with Crippen LogP contribution in [-0.4, -0.2) is 32.0 Å². The van der Waals surface area contributed by atoms with Gasteiger partial charge in [0.15, 0.2) is 12.0 Å². The molecule has 0 amide bonds. The zero-order chi connectivity index (χ0) is 21.0. The number of rotatable bonds is 8. The lowest BCUT2D eigenvalue weighted by molar-refractivity contribution is -0.386. The maximum atomic E-state index is 11.5. The minimum Gasteiger partial charge on any atom is -0.486 e. The van der Waals surface area contributed by atoms with Crippen molar-refractivity contribution in [3.63, 3.8) is 0 Å². The van der Waals surface area contributed by atoms with Crippen molar-refractivity contribution in [3.05, 3.63) is 62.7 Å². The predicted octanol–water partition coefficient (Wildman–Crippen LogP) is 4.49. The number of hydrogen-bond acceptors (Lipinski definition) is 7. The lowest BCUT2D eigenvalue weighted by Gasteiger charge is -2.42. The number of aryl methyl sites for hydroxylation is 1. The summed E-state index contributed by atoms with van der Waals surface area (Å²) in [6.07, 6.45) is 1.95. The van der Waals surface area contributed by atoms with Crippen LogP contribution in [0.5, 0.6) is 5.75 Å². The van der Waals surface area contributed by atoms with Crippen LogP contribution in [0.4, 0.5) is 5.69 Å². The van der Waals surface area contributed by atoms with Crippen molar-refractivity contribution in [1.82, 2.24) is 0 Å². The van der Waals surface area contributed by atoms with Gasteiger partial charge in [0, 0.05) is 30.2 Å². The van der Waals surface area contributed by atoms with Crippen molar-refractivity contribution in [2.24, 2.45) is 5.14 Å². The van der Waals surface area contributed by atoms with E-state index in [1.165, 1.54) is 6.07 Å². The number of nitro groups is 1. The van der Waals surface area contributed by atoms with Crippen LogP contribution in [0.1, 0.15) is 24.0 Å². The summed E-state index contributed by atoms with van der Waals surface area (Å²) >= 11 is 7.14. The zero-order valence-corrected chi connectivity index (χ0v) is 17.8. The Bertz CT molecular complexity index is 893. The number of nitrogens with zero attached hydrogens (tertiary/aromatic N) is 1. The molecule has 1 aliphatic carbocycles. The molecular formula is C20H23ClN2O5S. The van der Waals surface area contributed by atoms with Gasteiger partial charge in [-0.15, -0.1) is 0 Å². The Morgan fingerprint density at radius 1 is 1.28 bits per heavy atom. The number of methoxy groups -OCH3 is 2. The Labute approximate surface area is 178 Å². The highest BCUT2D eigenvalue weighted by molar-refractivity contribution is 7.97. The first-order valence-corrected chi connectivity index (χ1v) is 10.3. The fourth-order valence-corrected chi connectivity index (χ4v) is 4.56. The van der Waals surface area contributed by atoms with Crippen molar-refractivity contribution in [2.45, 2.75) is 35.9 Å². The number of fused-ring (bicyclic) bond motifs is 1. The maximum Gasteiger partial charge on any atom is 0.312 e. The summed E-state index contributed by atoms with van der Waals surface area (Å²) in [5.74, 6) is 0.180. The molecule has 0 aromatic heterocycles. The number of ether oxygens (including phenoxy) is 3. The van der Waals surface area contributed by atoms with Gasteiger partial charge in [-0.25, -0.2) is 0 Å². The van der Waals surface area contributed by atoms with Crippen molar-refractivity contribution in [1.29, 1.82) is 0 Å². The van der Waals surface area contributed by atoms with Gasteiger partial charge >= 0.3 is 5.69 Å². The number of nitro benzene ring substituents is 1. The topological polar surface area (TPSA) is 96.8 Å². The van der Waals surface area contributed by atoms with Crippen LogP contribution in [0.3, 0.4) is 0 Å². The molecule has 1 aliphatic rings. The lowest BCUT2D eigenvalue weighted by atomic mass is 9.69. The SMILES string of the molecule is COC(OC)C1(COc2ccc(SN)cc2[N+](=O)[O-])CCCc2cc(Cl)ccc21. The van der Waals surface area contributed by atoms with Crippen molar-refractivity contribution < 1.29 is 19.1 Å². The maximum absolute atomic E-state index is 11.5. The third-order valence-electron chi connectivity index (χ3n) is 5.30. The molecule has 9 heteroatoms. The summed E-state index contributed by atoms with van der Waals surface area (Å²) < 4.78 is 17.3. The molecule has 2 aromatic rings. The van der Waals surface area contributed by atoms with E-state index >= 15 is 0 Å². The van der Waals surface area contributed by atoms with E-state index in [9.17, 15) is 10.1 Å². The van der Waals surface area contributed by atoms with Crippen molar-refractivity contribution >= 4 is 29.2 Å². The van der Waals surface area contributed by atoms with E-state index in [0.29, 0.717) is 9.92 Å². The average Bonchev–Trinajstić information content (AvgIpc) is 2.72. The van der Waals surface area contributed by atoms with Crippen molar-refractivity contribution in [2.75, 3.05) is 20.8 Å². The Morgan fingerprint density at radius 2 is 2.03 bits per heavy atom. The summed E-state index contributed by atoms with van der Waals surface area (Å²) in [7, 11) is 3.16. The molecule has 0 heterocycles. The second-order valence-electron chi connectivity index (χ2n) is 6.91. The van der Waals surface area contributed by atoms with Gasteiger partial charge < -0.3 is 14.2 Å². The predicted molar refractivity (Wildman–Crippen MR) is 113 cm³/mol. The van der Waals surface area contributed by atoms with Crippen molar-refractivity contribution in [3.8, 4) is 5.75 Å². The van der Waals surface area contributed by atoms with E-state index < -0.39 is 16.6 Å². The first-order chi connectivity index (χ1) is 13.9. The Kier molecular flexibility index (Phi) is 7.02. The van der Waals surface area contributed by atoms with Gasteiger partial charge in [-0.3, -0.25) is 15.3 Å². The monoisotopic (exact) mass is 438 g/mol. The van der Waals surface area contributed by atoms with E-state index in [4.69, 9.17) is 31.0 Å². The Balaban J connectivity index is 2.01. The number of hydrogen-bond donors (Lipinski definition) is 1. The molecule has 29 heavy (non-hydrogen) atoms. The molecule has 7 nitrogen and oxygen atoms in total. The highest BCUT2D eigenvalue weighted by atomic mass is 35.5. The molecule has 0 aliphatic heterocycles. The summed E-state index contributed by atoms with van der Waals surface area (Å²) in [6.45, 7) is 0.157. The quantitative estimate of drug-likeness (QED) is 0.280. The molecule has 0 fully saturated rings. The third-order valence-corrected chi connectivity index (χ3v) is 6.06. The third kappa shape index (κ3) is 4.36. The van der Waals surface area contributed by atoms with Crippen LogP contribution in [0.15, 0.2) is 41.3 Å². The standard InChI is InChI=1S/C20H23ClN2O5S/c1-26-19(27-2)20(9-3-4-13-10-14(21)5-7-16(13)20)12-28-18-8-6-15(29-22)11-17(18)23(24)25/h5-8,10-11,19H,3-4,9,12,22H2,1-2H3. The molecule has 0 saturated heterocycles. The lowest BCUT2D eigenvalue weighted by Crippen LogP contribution is -2.49. The molecule has 0 spiro atoms. The Morgan fingerprint density at radius 3 is 2.69 bits per heavy atom. The first kappa shape index (κ1) is 21.9. The van der Waals surface area contributed by atoms with Gasteiger partial charge in [0.1, 0.15) is 6.61 Å². The van der Waals surface area contributed by atoms with Crippen LogP contribution < -0.4 is 9.88 Å². The van der Waals surface area contributed by atoms with Gasteiger partial charge in [0.25, 0.3) is 0 Å². The van der Waals surface area contributed by atoms with E-state index in [1.54, 1.807) is 26.4 Å². The van der Waals surface area contributed by atoms with Gasteiger partial charge in [-0.2, -0.15) is 0 Å². The van der Waals surface area contributed by atoms with Gasteiger partial charge in [-0.05, 0) is 66.6 Å².